The van der Waals surface area contributed by atoms with Crippen LogP contribution in [0.1, 0.15) is 79.2 Å². The summed E-state index contributed by atoms with van der Waals surface area (Å²) >= 11 is 0. The summed E-state index contributed by atoms with van der Waals surface area (Å²) in [7, 11) is 0. The smallest absolute Gasteiger partial charge is 0.333 e. The van der Waals surface area contributed by atoms with Crippen molar-refractivity contribution in [3.63, 3.8) is 0 Å². The highest BCUT2D eigenvalue weighted by atomic mass is 16.6. The van der Waals surface area contributed by atoms with Gasteiger partial charge < -0.3 is 33.6 Å². The third kappa shape index (κ3) is 3.96. The minimum absolute atomic E-state index is 0.00469. The van der Waals surface area contributed by atoms with Gasteiger partial charge >= 0.3 is 11.9 Å². The molecule has 6 rings (SSSR count). The minimum atomic E-state index is -1.08. The van der Waals surface area contributed by atoms with E-state index in [9.17, 15) is 19.8 Å². The fourth-order valence-electron chi connectivity index (χ4n) is 9.91. The number of carbonyl (C=O) groups is 2. The summed E-state index contributed by atoms with van der Waals surface area (Å²) in [6.45, 7) is 13.5. The quantitative estimate of drug-likeness (QED) is 0.300. The third-order valence-electron chi connectivity index (χ3n) is 11.9. The molecule has 1 aromatic rings. The Kier molecular flexibility index (Phi) is 7.08. The molecule has 2 saturated carbocycles. The lowest BCUT2D eigenvalue weighted by molar-refractivity contribution is -0.258. The van der Waals surface area contributed by atoms with Gasteiger partial charge in [0.25, 0.3) is 0 Å². The van der Waals surface area contributed by atoms with E-state index in [4.69, 9.17) is 23.4 Å². The molecule has 3 heterocycles. The lowest BCUT2D eigenvalue weighted by Gasteiger charge is -2.66. The lowest BCUT2D eigenvalue weighted by Crippen LogP contribution is -2.72. The SMILES string of the molecule is C/C=C(\C)C(=O)OC1C2OCC3(C)C(OC(C)=O)CC(O)C(C)(C23)C2CC(O)OC3CC(c4ccoc4)C(C)=C3C12C. The highest BCUT2D eigenvalue weighted by Crippen LogP contribution is 2.72. The Bertz CT molecular complexity index is 1310. The molecular weight excluding hydrogens is 540 g/mol. The molecule has 2 N–H and O–H groups in total. The number of esters is 2. The molecule has 3 aliphatic carbocycles. The summed E-state index contributed by atoms with van der Waals surface area (Å²) in [5.74, 6) is -1.51. The highest BCUT2D eigenvalue weighted by molar-refractivity contribution is 5.87. The van der Waals surface area contributed by atoms with Crippen molar-refractivity contribution in [3.05, 3.63) is 47.0 Å². The average Bonchev–Trinajstić information content (AvgIpc) is 3.64. The molecule has 5 aliphatic rings. The van der Waals surface area contributed by atoms with Crippen LogP contribution in [0.5, 0.6) is 0 Å². The minimum Gasteiger partial charge on any atom is -0.472 e. The Hall–Kier alpha value is -2.46. The molecule has 0 spiro atoms. The van der Waals surface area contributed by atoms with Gasteiger partial charge in [-0.25, -0.2) is 4.79 Å². The second-order valence-corrected chi connectivity index (χ2v) is 13.9. The van der Waals surface area contributed by atoms with Crippen LogP contribution in [0, 0.1) is 28.1 Å². The predicted octanol–water partition coefficient (Wildman–Crippen LogP) is 4.43. The Morgan fingerprint density at radius 3 is 2.48 bits per heavy atom. The van der Waals surface area contributed by atoms with Crippen LogP contribution in [0.4, 0.5) is 0 Å². The van der Waals surface area contributed by atoms with Gasteiger partial charge in [0.05, 0.1) is 37.4 Å². The molecular formula is C33H44O9. The van der Waals surface area contributed by atoms with Gasteiger partial charge in [0.2, 0.25) is 0 Å². The second kappa shape index (κ2) is 10.0. The molecule has 0 radical (unpaired) electrons. The number of hydrogen-bond donors (Lipinski definition) is 2. The maximum absolute atomic E-state index is 13.5. The van der Waals surface area contributed by atoms with Crippen LogP contribution in [0.2, 0.25) is 0 Å². The number of allylic oxidation sites excluding steroid dienone is 2. The summed E-state index contributed by atoms with van der Waals surface area (Å²) < 4.78 is 30.8. The number of carbonyl (C=O) groups excluding carboxylic acids is 2. The van der Waals surface area contributed by atoms with Crippen LogP contribution >= 0.6 is 0 Å². The summed E-state index contributed by atoms with van der Waals surface area (Å²) in [6, 6.07) is 1.95. The van der Waals surface area contributed by atoms with Crippen LogP contribution in [0.3, 0.4) is 0 Å². The van der Waals surface area contributed by atoms with Crippen LogP contribution in [0.25, 0.3) is 0 Å². The first-order valence-electron chi connectivity index (χ1n) is 15.2. The molecule has 9 heteroatoms. The van der Waals surface area contributed by atoms with E-state index in [1.165, 1.54) is 6.92 Å². The van der Waals surface area contributed by atoms with Crippen molar-refractivity contribution >= 4 is 11.9 Å². The molecule has 2 saturated heterocycles. The average molecular weight is 585 g/mol. The first-order chi connectivity index (χ1) is 19.8. The van der Waals surface area contributed by atoms with E-state index in [-0.39, 0.29) is 30.6 Å². The zero-order valence-electron chi connectivity index (χ0n) is 25.6. The summed E-state index contributed by atoms with van der Waals surface area (Å²) in [6.07, 6.45) is 2.01. The van der Waals surface area contributed by atoms with Crippen molar-refractivity contribution in [2.75, 3.05) is 6.61 Å². The zero-order valence-corrected chi connectivity index (χ0v) is 25.6. The molecule has 12 unspecified atom stereocenters. The van der Waals surface area contributed by atoms with Gasteiger partial charge in [-0.2, -0.15) is 0 Å². The van der Waals surface area contributed by atoms with Gasteiger partial charge in [0.1, 0.15) is 12.2 Å². The number of aliphatic hydroxyl groups excluding tert-OH is 2. The van der Waals surface area contributed by atoms with Crippen molar-refractivity contribution in [1.29, 1.82) is 0 Å². The maximum atomic E-state index is 13.5. The van der Waals surface area contributed by atoms with Crippen LogP contribution in [0.15, 0.2) is 45.8 Å². The van der Waals surface area contributed by atoms with Crippen molar-refractivity contribution < 1.29 is 43.2 Å². The van der Waals surface area contributed by atoms with Gasteiger partial charge in [0, 0.05) is 53.4 Å². The van der Waals surface area contributed by atoms with Gasteiger partial charge in [-0.05, 0) is 50.3 Å². The van der Waals surface area contributed by atoms with Gasteiger partial charge in [-0.1, -0.05) is 32.4 Å². The fraction of sp³-hybridized carbons (Fsp3) is 0.697. The maximum Gasteiger partial charge on any atom is 0.333 e. The lowest BCUT2D eigenvalue weighted by atomic mass is 9.39. The number of rotatable bonds is 4. The molecule has 4 fully saturated rings. The molecule has 1 aromatic heterocycles. The molecule has 0 aromatic carbocycles. The monoisotopic (exact) mass is 584 g/mol. The molecule has 0 amide bonds. The fourth-order valence-corrected chi connectivity index (χ4v) is 9.91. The zero-order chi connectivity index (χ0) is 30.4. The Balaban J connectivity index is 1.58. The molecule has 2 aliphatic heterocycles. The standard InChI is InChI=1S/C33H44O9/c1-8-16(2)30(37)42-29-27-28-31(5,15-39-27)24(40-18(4)34)13-23(35)32(28,6)22-12-25(36)41-21-11-20(19-9-10-38-14-19)17(3)26(21)33(22,29)7/h8-10,14,20-25,27-29,35-36H,11-13,15H2,1-7H3/b16-8+. The van der Waals surface area contributed by atoms with Crippen LogP contribution in [-0.4, -0.2) is 65.6 Å². The number of fused-ring (bicyclic) bond motifs is 4. The van der Waals surface area contributed by atoms with Crippen molar-refractivity contribution in [2.24, 2.45) is 28.1 Å². The number of aliphatic hydroxyl groups is 2. The third-order valence-corrected chi connectivity index (χ3v) is 11.9. The van der Waals surface area contributed by atoms with E-state index < -0.39 is 65.0 Å². The second-order valence-electron chi connectivity index (χ2n) is 13.9. The first-order valence-corrected chi connectivity index (χ1v) is 15.2. The van der Waals surface area contributed by atoms with Gasteiger partial charge in [-0.15, -0.1) is 0 Å². The Morgan fingerprint density at radius 2 is 1.83 bits per heavy atom. The highest BCUT2D eigenvalue weighted by Gasteiger charge is 2.77. The van der Waals surface area contributed by atoms with Crippen LogP contribution in [-0.2, 0) is 28.5 Å². The molecule has 9 nitrogen and oxygen atoms in total. The molecule has 42 heavy (non-hydrogen) atoms. The van der Waals surface area contributed by atoms with E-state index in [2.05, 4.69) is 27.7 Å². The first kappa shape index (κ1) is 29.6. The van der Waals surface area contributed by atoms with Crippen molar-refractivity contribution in [3.8, 4) is 0 Å². The number of ether oxygens (including phenoxy) is 4. The molecule has 12 atom stereocenters. The van der Waals surface area contributed by atoms with E-state index in [1.54, 1.807) is 32.4 Å². The van der Waals surface area contributed by atoms with E-state index in [0.29, 0.717) is 18.6 Å². The molecule has 0 bridgehead atoms. The predicted molar refractivity (Wildman–Crippen MR) is 151 cm³/mol. The number of hydrogen-bond acceptors (Lipinski definition) is 9. The number of furan rings is 1. The van der Waals surface area contributed by atoms with Gasteiger partial charge in [-0.3, -0.25) is 4.79 Å². The van der Waals surface area contributed by atoms with E-state index >= 15 is 0 Å². The molecule has 230 valence electrons. The normalized spacial score (nSPS) is 46.4. The van der Waals surface area contributed by atoms with E-state index in [0.717, 1.165) is 16.7 Å². The van der Waals surface area contributed by atoms with E-state index in [1.807, 2.05) is 6.07 Å². The topological polar surface area (TPSA) is 125 Å². The Labute approximate surface area is 247 Å². The van der Waals surface area contributed by atoms with Crippen molar-refractivity contribution in [1.82, 2.24) is 0 Å². The van der Waals surface area contributed by atoms with Gasteiger partial charge in [0.15, 0.2) is 6.29 Å². The largest absolute Gasteiger partial charge is 0.472 e. The van der Waals surface area contributed by atoms with Crippen molar-refractivity contribution in [2.45, 2.75) is 110 Å². The Morgan fingerprint density at radius 1 is 1.10 bits per heavy atom. The summed E-state index contributed by atoms with van der Waals surface area (Å²) in [5.41, 5.74) is 1.35. The van der Waals surface area contributed by atoms with Crippen LogP contribution < -0.4 is 0 Å². The summed E-state index contributed by atoms with van der Waals surface area (Å²) in [4.78, 5) is 25.7. The summed E-state index contributed by atoms with van der Waals surface area (Å²) in [5, 5.41) is 23.4.